The van der Waals surface area contributed by atoms with Crippen molar-refractivity contribution in [1.82, 2.24) is 15.0 Å². The number of carboxylic acids is 1. The van der Waals surface area contributed by atoms with Gasteiger partial charge < -0.3 is 9.84 Å². The highest BCUT2D eigenvalue weighted by molar-refractivity contribution is 5.88. The van der Waals surface area contributed by atoms with Crippen LogP contribution in [0.2, 0.25) is 0 Å². The molecule has 0 aliphatic carbocycles. The van der Waals surface area contributed by atoms with Crippen LogP contribution in [0.4, 0.5) is 0 Å². The summed E-state index contributed by atoms with van der Waals surface area (Å²) in [7, 11) is 0. The molecule has 0 aliphatic rings. The minimum absolute atomic E-state index is 0.0635. The van der Waals surface area contributed by atoms with E-state index in [1.807, 2.05) is 0 Å². The van der Waals surface area contributed by atoms with E-state index in [4.69, 9.17) is 9.84 Å². The Morgan fingerprint density at radius 3 is 2.76 bits per heavy atom. The maximum Gasteiger partial charge on any atom is 0.360 e. The number of aromatic nitrogens is 3. The van der Waals surface area contributed by atoms with Crippen LogP contribution in [0.1, 0.15) is 35.9 Å². The van der Waals surface area contributed by atoms with Crippen molar-refractivity contribution in [3.8, 4) is 0 Å². The second kappa shape index (κ2) is 5.97. The minimum Gasteiger partial charge on any atom is -0.481 e. The van der Waals surface area contributed by atoms with E-state index in [0.29, 0.717) is 18.7 Å². The Hall–Kier alpha value is -1.92. The molecule has 1 aromatic rings. The normalized spacial score (nSPS) is 10.2. The van der Waals surface area contributed by atoms with Crippen LogP contribution in [0.25, 0.3) is 0 Å². The van der Waals surface area contributed by atoms with Gasteiger partial charge in [0.05, 0.1) is 12.3 Å². The van der Waals surface area contributed by atoms with E-state index in [1.54, 1.807) is 13.8 Å². The van der Waals surface area contributed by atoms with E-state index in [1.165, 1.54) is 4.68 Å². The van der Waals surface area contributed by atoms with Gasteiger partial charge in [0.1, 0.15) is 0 Å². The molecule has 7 heteroatoms. The quantitative estimate of drug-likeness (QED) is 0.734. The Kier molecular flexibility index (Phi) is 4.62. The standard InChI is InChI=1S/C10H15N3O4/c1-3-17-10(16)9-7(2)13(12-11-9)6-4-5-8(14)15/h3-6H2,1-2H3,(H,14,15). The van der Waals surface area contributed by atoms with Crippen LogP contribution in [0.15, 0.2) is 0 Å². The Morgan fingerprint density at radius 1 is 1.47 bits per heavy atom. The summed E-state index contributed by atoms with van der Waals surface area (Å²) < 4.78 is 6.33. The van der Waals surface area contributed by atoms with E-state index in [0.717, 1.165) is 0 Å². The van der Waals surface area contributed by atoms with Crippen LogP contribution >= 0.6 is 0 Å². The van der Waals surface area contributed by atoms with Gasteiger partial charge in [-0.15, -0.1) is 5.10 Å². The van der Waals surface area contributed by atoms with Gasteiger partial charge in [-0.3, -0.25) is 4.79 Å². The Labute approximate surface area is 98.4 Å². The average molecular weight is 241 g/mol. The Morgan fingerprint density at radius 2 is 2.18 bits per heavy atom. The first-order valence-corrected chi connectivity index (χ1v) is 5.35. The summed E-state index contributed by atoms with van der Waals surface area (Å²) in [6, 6.07) is 0. The van der Waals surface area contributed by atoms with Crippen molar-refractivity contribution >= 4 is 11.9 Å². The van der Waals surface area contributed by atoms with Crippen LogP contribution in [0, 0.1) is 6.92 Å². The number of hydrogen-bond acceptors (Lipinski definition) is 5. The number of nitrogens with zero attached hydrogens (tertiary/aromatic N) is 3. The molecule has 0 unspecified atom stereocenters. The predicted molar refractivity (Wildman–Crippen MR) is 57.6 cm³/mol. The Bertz CT molecular complexity index is 414. The SMILES string of the molecule is CCOC(=O)c1nnn(CCCC(=O)O)c1C. The summed E-state index contributed by atoms with van der Waals surface area (Å²) in [5.41, 5.74) is 0.774. The molecule has 0 radical (unpaired) electrons. The molecule has 17 heavy (non-hydrogen) atoms. The summed E-state index contributed by atoms with van der Waals surface area (Å²) in [6.45, 7) is 4.12. The molecule has 0 bridgehead atoms. The van der Waals surface area contributed by atoms with E-state index in [-0.39, 0.29) is 18.7 Å². The largest absolute Gasteiger partial charge is 0.481 e. The lowest BCUT2D eigenvalue weighted by Crippen LogP contribution is -2.09. The summed E-state index contributed by atoms with van der Waals surface area (Å²) in [5, 5.41) is 16.0. The molecule has 1 heterocycles. The van der Waals surface area contributed by atoms with Gasteiger partial charge >= 0.3 is 11.9 Å². The summed E-state index contributed by atoms with van der Waals surface area (Å²) >= 11 is 0. The predicted octanol–water partition coefficient (Wildman–Crippen LogP) is 0.628. The van der Waals surface area contributed by atoms with Crippen LogP contribution in [0.3, 0.4) is 0 Å². The highest BCUT2D eigenvalue weighted by Crippen LogP contribution is 2.07. The van der Waals surface area contributed by atoms with E-state index in [2.05, 4.69) is 10.3 Å². The van der Waals surface area contributed by atoms with Crippen molar-refractivity contribution in [3.05, 3.63) is 11.4 Å². The van der Waals surface area contributed by atoms with Crippen molar-refractivity contribution < 1.29 is 19.4 Å². The van der Waals surface area contributed by atoms with Gasteiger partial charge in [-0.1, -0.05) is 5.21 Å². The molecule has 0 saturated carbocycles. The van der Waals surface area contributed by atoms with E-state index in [9.17, 15) is 9.59 Å². The molecule has 7 nitrogen and oxygen atoms in total. The lowest BCUT2D eigenvalue weighted by atomic mass is 10.3. The number of rotatable bonds is 6. The molecule has 0 fully saturated rings. The summed E-state index contributed by atoms with van der Waals surface area (Å²) in [4.78, 5) is 21.8. The first-order valence-electron chi connectivity index (χ1n) is 5.35. The Balaban J connectivity index is 2.63. The van der Waals surface area contributed by atoms with Gasteiger partial charge in [-0.2, -0.15) is 0 Å². The van der Waals surface area contributed by atoms with E-state index >= 15 is 0 Å². The average Bonchev–Trinajstić information content (AvgIpc) is 2.60. The molecule has 0 aliphatic heterocycles. The molecule has 94 valence electrons. The smallest absolute Gasteiger partial charge is 0.360 e. The molecule has 1 aromatic heterocycles. The molecule has 1 N–H and O–H groups in total. The second-order valence-electron chi connectivity index (χ2n) is 3.46. The maximum atomic E-state index is 11.4. The lowest BCUT2D eigenvalue weighted by molar-refractivity contribution is -0.137. The van der Waals surface area contributed by atoms with Gasteiger partial charge in [-0.05, 0) is 20.3 Å². The number of ether oxygens (including phenoxy) is 1. The first kappa shape index (κ1) is 13.1. The molecule has 0 aromatic carbocycles. The van der Waals surface area contributed by atoms with Gasteiger partial charge in [0.15, 0.2) is 5.69 Å². The number of hydrogen-bond donors (Lipinski definition) is 1. The highest BCUT2D eigenvalue weighted by atomic mass is 16.5. The van der Waals surface area contributed by atoms with Gasteiger partial charge in [0.25, 0.3) is 0 Å². The second-order valence-corrected chi connectivity index (χ2v) is 3.46. The number of aliphatic carboxylic acids is 1. The molecular formula is C10H15N3O4. The number of carboxylic acid groups (broad SMARTS) is 1. The number of carbonyl (C=O) groups is 2. The fraction of sp³-hybridized carbons (Fsp3) is 0.600. The number of esters is 1. The first-order chi connectivity index (χ1) is 8.06. The molecule has 1 rings (SSSR count). The van der Waals surface area contributed by atoms with Crippen molar-refractivity contribution in [1.29, 1.82) is 0 Å². The number of aryl methyl sites for hydroxylation is 1. The van der Waals surface area contributed by atoms with Crippen molar-refractivity contribution in [2.24, 2.45) is 0 Å². The molecule has 0 atom stereocenters. The molecular weight excluding hydrogens is 226 g/mol. The molecule has 0 spiro atoms. The van der Waals surface area contributed by atoms with Gasteiger partial charge in [0.2, 0.25) is 0 Å². The van der Waals surface area contributed by atoms with Crippen molar-refractivity contribution in [3.63, 3.8) is 0 Å². The van der Waals surface area contributed by atoms with Crippen molar-refractivity contribution in [2.45, 2.75) is 33.2 Å². The minimum atomic E-state index is -0.853. The molecule has 0 saturated heterocycles. The zero-order valence-electron chi connectivity index (χ0n) is 9.84. The third kappa shape index (κ3) is 3.54. The third-order valence-electron chi connectivity index (χ3n) is 2.21. The highest BCUT2D eigenvalue weighted by Gasteiger charge is 2.17. The van der Waals surface area contributed by atoms with E-state index < -0.39 is 11.9 Å². The zero-order valence-corrected chi connectivity index (χ0v) is 9.84. The lowest BCUT2D eigenvalue weighted by Gasteiger charge is -2.02. The third-order valence-corrected chi connectivity index (χ3v) is 2.21. The molecule has 0 amide bonds. The van der Waals surface area contributed by atoms with Crippen LogP contribution < -0.4 is 0 Å². The van der Waals surface area contributed by atoms with Crippen LogP contribution in [0.5, 0.6) is 0 Å². The monoisotopic (exact) mass is 241 g/mol. The zero-order chi connectivity index (χ0) is 12.8. The fourth-order valence-corrected chi connectivity index (χ4v) is 1.34. The fourth-order valence-electron chi connectivity index (χ4n) is 1.34. The van der Waals surface area contributed by atoms with Crippen LogP contribution in [-0.2, 0) is 16.1 Å². The summed E-state index contributed by atoms with van der Waals surface area (Å²) in [6.07, 6.45) is 0.510. The maximum absolute atomic E-state index is 11.4. The van der Waals surface area contributed by atoms with Gasteiger partial charge in [-0.25, -0.2) is 9.48 Å². The number of carbonyl (C=O) groups excluding carboxylic acids is 1. The van der Waals surface area contributed by atoms with Crippen LogP contribution in [-0.4, -0.2) is 38.6 Å². The van der Waals surface area contributed by atoms with Gasteiger partial charge in [0, 0.05) is 13.0 Å². The van der Waals surface area contributed by atoms with Crippen molar-refractivity contribution in [2.75, 3.05) is 6.61 Å². The topological polar surface area (TPSA) is 94.3 Å². The summed E-state index contributed by atoms with van der Waals surface area (Å²) in [5.74, 6) is -1.36.